The van der Waals surface area contributed by atoms with Crippen molar-refractivity contribution in [3.8, 4) is 0 Å². The van der Waals surface area contributed by atoms with Crippen LogP contribution >= 0.6 is 11.6 Å². The van der Waals surface area contributed by atoms with Crippen molar-refractivity contribution < 1.29 is 14.3 Å². The predicted molar refractivity (Wildman–Crippen MR) is 99.8 cm³/mol. The third kappa shape index (κ3) is 6.59. The van der Waals surface area contributed by atoms with Crippen molar-refractivity contribution in [1.29, 1.82) is 0 Å². The van der Waals surface area contributed by atoms with Gasteiger partial charge in [0, 0.05) is 17.1 Å². The maximum atomic E-state index is 11.9. The van der Waals surface area contributed by atoms with E-state index < -0.39 is 0 Å². The van der Waals surface area contributed by atoms with Crippen LogP contribution in [0.3, 0.4) is 0 Å². The average molecular weight is 360 g/mol. The van der Waals surface area contributed by atoms with Crippen LogP contribution in [0.25, 0.3) is 0 Å². The number of rotatable bonds is 8. The molecular weight excluding hydrogens is 338 g/mol. The van der Waals surface area contributed by atoms with E-state index in [1.54, 1.807) is 18.2 Å². The molecule has 0 saturated heterocycles. The monoisotopic (exact) mass is 359 g/mol. The number of hydrogen-bond acceptors (Lipinski definition) is 3. The number of halogens is 1. The zero-order chi connectivity index (χ0) is 18.1. The van der Waals surface area contributed by atoms with Crippen LogP contribution in [0.1, 0.15) is 30.4 Å². The van der Waals surface area contributed by atoms with Gasteiger partial charge < -0.3 is 10.1 Å². The lowest BCUT2D eigenvalue weighted by Gasteiger charge is -2.09. The van der Waals surface area contributed by atoms with Crippen molar-refractivity contribution in [2.24, 2.45) is 0 Å². The first kappa shape index (κ1) is 19.0. The number of nitrogens with one attached hydrogen (secondary N) is 1. The van der Waals surface area contributed by atoms with E-state index in [0.29, 0.717) is 17.3 Å². The van der Waals surface area contributed by atoms with Gasteiger partial charge in [0.1, 0.15) is 0 Å². The van der Waals surface area contributed by atoms with Crippen LogP contribution in [0.2, 0.25) is 5.02 Å². The maximum Gasteiger partial charge on any atom is 0.306 e. The van der Waals surface area contributed by atoms with E-state index in [-0.39, 0.29) is 24.7 Å². The first-order valence-electron chi connectivity index (χ1n) is 8.31. The van der Waals surface area contributed by atoms with E-state index in [9.17, 15) is 9.59 Å². The lowest BCUT2D eigenvalue weighted by atomic mass is 10.1. The van der Waals surface area contributed by atoms with Crippen LogP contribution in [0, 0.1) is 6.92 Å². The van der Waals surface area contributed by atoms with Gasteiger partial charge in [0.05, 0.1) is 13.0 Å². The molecule has 0 unspecified atom stereocenters. The van der Waals surface area contributed by atoms with E-state index in [1.165, 1.54) is 5.56 Å². The Hall–Kier alpha value is -2.33. The molecule has 0 fully saturated rings. The molecule has 0 aliphatic rings. The number of carbonyl (C=O) groups excluding carboxylic acids is 2. The highest BCUT2D eigenvalue weighted by Crippen LogP contribution is 2.23. The zero-order valence-corrected chi connectivity index (χ0v) is 15.0. The summed E-state index contributed by atoms with van der Waals surface area (Å²) in [6.07, 6.45) is 1.78. The summed E-state index contributed by atoms with van der Waals surface area (Å²) in [5.74, 6) is -0.586. The first-order chi connectivity index (χ1) is 12.1. The van der Waals surface area contributed by atoms with Crippen LogP contribution in [-0.2, 0) is 20.7 Å². The van der Waals surface area contributed by atoms with Crippen molar-refractivity contribution in [3.63, 3.8) is 0 Å². The van der Waals surface area contributed by atoms with E-state index in [2.05, 4.69) is 5.32 Å². The standard InChI is InChI=1S/C20H22ClNO3/c1-15-17(21)10-5-11-18(15)22-19(23)12-13-20(24)25-14-6-9-16-7-3-2-4-8-16/h2-5,7-8,10-11H,6,9,12-14H2,1H3,(H,22,23). The van der Waals surface area contributed by atoms with Crippen molar-refractivity contribution in [3.05, 3.63) is 64.7 Å². The Balaban J connectivity index is 1.64. The third-order valence-electron chi connectivity index (χ3n) is 3.81. The van der Waals surface area contributed by atoms with Crippen molar-refractivity contribution in [1.82, 2.24) is 0 Å². The lowest BCUT2D eigenvalue weighted by Crippen LogP contribution is -2.15. The minimum absolute atomic E-state index is 0.0663. The molecule has 0 aliphatic heterocycles. The quantitative estimate of drug-likeness (QED) is 0.556. The Labute approximate surface area is 153 Å². The number of amides is 1. The summed E-state index contributed by atoms with van der Waals surface area (Å²) >= 11 is 6.01. The minimum Gasteiger partial charge on any atom is -0.466 e. The molecule has 0 aliphatic carbocycles. The Morgan fingerprint density at radius 3 is 2.56 bits per heavy atom. The van der Waals surface area contributed by atoms with Crippen molar-refractivity contribution in [2.75, 3.05) is 11.9 Å². The molecule has 0 aromatic heterocycles. The summed E-state index contributed by atoms with van der Waals surface area (Å²) < 4.78 is 5.17. The summed E-state index contributed by atoms with van der Waals surface area (Å²) in [6.45, 7) is 2.20. The number of carbonyl (C=O) groups is 2. The van der Waals surface area contributed by atoms with E-state index in [0.717, 1.165) is 18.4 Å². The fourth-order valence-corrected chi connectivity index (χ4v) is 2.52. The first-order valence-corrected chi connectivity index (χ1v) is 8.68. The molecule has 1 amide bonds. The van der Waals surface area contributed by atoms with Gasteiger partial charge in [-0.15, -0.1) is 0 Å². The second-order valence-electron chi connectivity index (χ2n) is 5.77. The van der Waals surface area contributed by atoms with Gasteiger partial charge in [-0.25, -0.2) is 0 Å². The normalized spacial score (nSPS) is 10.3. The fraction of sp³-hybridized carbons (Fsp3) is 0.300. The molecule has 0 heterocycles. The lowest BCUT2D eigenvalue weighted by molar-refractivity contribution is -0.144. The Kier molecular flexibility index (Phi) is 7.48. The topological polar surface area (TPSA) is 55.4 Å². The Morgan fingerprint density at radius 2 is 1.80 bits per heavy atom. The largest absolute Gasteiger partial charge is 0.466 e. The fourth-order valence-electron chi connectivity index (χ4n) is 2.35. The number of hydrogen-bond donors (Lipinski definition) is 1. The molecule has 132 valence electrons. The number of ether oxygens (including phenoxy) is 1. The van der Waals surface area contributed by atoms with E-state index in [4.69, 9.17) is 16.3 Å². The second kappa shape index (κ2) is 9.84. The molecule has 25 heavy (non-hydrogen) atoms. The van der Waals surface area contributed by atoms with Crippen LogP contribution in [0.5, 0.6) is 0 Å². The molecule has 0 atom stereocenters. The van der Waals surface area contributed by atoms with Gasteiger partial charge in [-0.1, -0.05) is 48.0 Å². The van der Waals surface area contributed by atoms with Gasteiger partial charge in [0.15, 0.2) is 0 Å². The number of esters is 1. The van der Waals surface area contributed by atoms with Gasteiger partial charge in [-0.2, -0.15) is 0 Å². The van der Waals surface area contributed by atoms with Crippen LogP contribution < -0.4 is 5.32 Å². The van der Waals surface area contributed by atoms with Crippen molar-refractivity contribution >= 4 is 29.2 Å². The molecule has 2 aromatic carbocycles. The summed E-state index contributed by atoms with van der Waals surface area (Å²) in [5.41, 5.74) is 2.68. The number of anilines is 1. The van der Waals surface area contributed by atoms with Crippen LogP contribution in [0.4, 0.5) is 5.69 Å². The van der Waals surface area contributed by atoms with Crippen LogP contribution in [-0.4, -0.2) is 18.5 Å². The maximum absolute atomic E-state index is 11.9. The third-order valence-corrected chi connectivity index (χ3v) is 4.22. The zero-order valence-electron chi connectivity index (χ0n) is 14.3. The Morgan fingerprint density at radius 1 is 1.04 bits per heavy atom. The van der Waals surface area contributed by atoms with Gasteiger partial charge in [-0.05, 0) is 43.0 Å². The molecule has 4 nitrogen and oxygen atoms in total. The smallest absolute Gasteiger partial charge is 0.306 e. The second-order valence-corrected chi connectivity index (χ2v) is 6.18. The summed E-state index contributed by atoms with van der Waals surface area (Å²) in [4.78, 5) is 23.6. The molecule has 0 saturated carbocycles. The van der Waals surface area contributed by atoms with Crippen molar-refractivity contribution in [2.45, 2.75) is 32.6 Å². The highest BCUT2D eigenvalue weighted by atomic mass is 35.5. The number of benzene rings is 2. The molecule has 0 bridgehead atoms. The average Bonchev–Trinajstić information content (AvgIpc) is 2.62. The molecular formula is C20H22ClNO3. The van der Waals surface area contributed by atoms with E-state index in [1.807, 2.05) is 37.3 Å². The van der Waals surface area contributed by atoms with E-state index >= 15 is 0 Å². The highest BCUT2D eigenvalue weighted by Gasteiger charge is 2.10. The Bertz CT molecular complexity index is 716. The molecule has 0 radical (unpaired) electrons. The molecule has 5 heteroatoms. The van der Waals surface area contributed by atoms with Gasteiger partial charge in [0.25, 0.3) is 0 Å². The predicted octanol–water partition coefficient (Wildman–Crippen LogP) is 4.54. The summed E-state index contributed by atoms with van der Waals surface area (Å²) in [7, 11) is 0. The van der Waals surface area contributed by atoms with Gasteiger partial charge in [0.2, 0.25) is 5.91 Å². The van der Waals surface area contributed by atoms with Crippen LogP contribution in [0.15, 0.2) is 48.5 Å². The minimum atomic E-state index is -0.356. The molecule has 2 aromatic rings. The SMILES string of the molecule is Cc1c(Cl)cccc1NC(=O)CCC(=O)OCCCc1ccccc1. The molecule has 1 N–H and O–H groups in total. The molecule has 0 spiro atoms. The highest BCUT2D eigenvalue weighted by molar-refractivity contribution is 6.31. The molecule has 2 rings (SSSR count). The van der Waals surface area contributed by atoms with Gasteiger partial charge in [-0.3, -0.25) is 9.59 Å². The summed E-state index contributed by atoms with van der Waals surface area (Å²) in [6, 6.07) is 15.4. The summed E-state index contributed by atoms with van der Waals surface area (Å²) in [5, 5.41) is 3.36. The van der Waals surface area contributed by atoms with Gasteiger partial charge >= 0.3 is 5.97 Å². The number of aryl methyl sites for hydroxylation is 1.